The Kier molecular flexibility index (Phi) is 6.30. The fourth-order valence-electron chi connectivity index (χ4n) is 4.06. The molecule has 1 aliphatic rings. The number of ether oxygens (including phenoxy) is 1. The number of aromatic amines is 1. The number of esters is 1. The molecule has 1 amide bonds. The van der Waals surface area contributed by atoms with Gasteiger partial charge in [0.15, 0.2) is 6.10 Å². The smallest absolute Gasteiger partial charge is 0.329 e. The number of hydrogen-bond donors (Lipinski definition) is 1. The maximum absolute atomic E-state index is 13.0. The minimum atomic E-state index is -0.681. The third-order valence-corrected chi connectivity index (χ3v) is 5.71. The second kappa shape index (κ2) is 9.30. The molecule has 8 heteroatoms. The van der Waals surface area contributed by atoms with Crippen molar-refractivity contribution in [2.45, 2.75) is 52.3 Å². The Bertz CT molecular complexity index is 1060. The summed E-state index contributed by atoms with van der Waals surface area (Å²) in [6.07, 6.45) is 0.647. The van der Waals surface area contributed by atoms with Gasteiger partial charge in [0.2, 0.25) is 5.82 Å². The third-order valence-electron chi connectivity index (χ3n) is 5.71. The van der Waals surface area contributed by atoms with Crippen molar-refractivity contribution in [2.75, 3.05) is 0 Å². The first-order chi connectivity index (χ1) is 15.5. The lowest BCUT2D eigenvalue weighted by Gasteiger charge is -2.39. The molecule has 4 rings (SSSR count). The van der Waals surface area contributed by atoms with Gasteiger partial charge in [-0.3, -0.25) is 4.79 Å². The van der Waals surface area contributed by atoms with Crippen LogP contribution in [-0.4, -0.2) is 49.5 Å². The van der Waals surface area contributed by atoms with E-state index >= 15 is 0 Å². The summed E-state index contributed by atoms with van der Waals surface area (Å²) in [5.41, 5.74) is 3.98. The Morgan fingerprint density at radius 1 is 1.00 bits per heavy atom. The number of benzene rings is 2. The standard InChI is InChI=1S/C24H27N5O3/c1-4-5-20-23(30)29(21(15(2)3)24(31)32-20)14-16-6-8-17(9-7-16)18-10-12-19(13-11-18)22-25-27-28-26-22/h6-13,15,20-21H,4-5,14H2,1-3H3,(H,25,26,27,28). The van der Waals surface area contributed by atoms with E-state index in [1.54, 1.807) is 4.90 Å². The summed E-state index contributed by atoms with van der Waals surface area (Å²) in [5.74, 6) is 0.117. The van der Waals surface area contributed by atoms with Crippen LogP contribution in [-0.2, 0) is 20.9 Å². The second-order valence-electron chi connectivity index (χ2n) is 8.38. The normalized spacial score (nSPS) is 18.8. The number of morpholine rings is 1. The van der Waals surface area contributed by atoms with E-state index in [2.05, 4.69) is 20.6 Å². The number of carbonyl (C=O) groups is 2. The Morgan fingerprint density at radius 3 is 2.19 bits per heavy atom. The topological polar surface area (TPSA) is 101 Å². The molecule has 166 valence electrons. The van der Waals surface area contributed by atoms with Crippen molar-refractivity contribution in [2.24, 2.45) is 5.92 Å². The van der Waals surface area contributed by atoms with Crippen LogP contribution in [0.1, 0.15) is 39.2 Å². The van der Waals surface area contributed by atoms with Gasteiger partial charge in [-0.05, 0) is 34.2 Å². The zero-order valence-corrected chi connectivity index (χ0v) is 18.5. The number of nitrogens with zero attached hydrogens (tertiary/aromatic N) is 4. The van der Waals surface area contributed by atoms with Crippen molar-refractivity contribution < 1.29 is 14.3 Å². The Balaban J connectivity index is 1.51. The number of rotatable bonds is 7. The van der Waals surface area contributed by atoms with E-state index in [-0.39, 0.29) is 17.8 Å². The van der Waals surface area contributed by atoms with Gasteiger partial charge in [0.25, 0.3) is 5.91 Å². The lowest BCUT2D eigenvalue weighted by atomic mass is 9.97. The minimum absolute atomic E-state index is 0.0222. The molecule has 0 saturated carbocycles. The lowest BCUT2D eigenvalue weighted by molar-refractivity contribution is -0.181. The molecule has 2 unspecified atom stereocenters. The van der Waals surface area contributed by atoms with E-state index in [9.17, 15) is 9.59 Å². The monoisotopic (exact) mass is 433 g/mol. The molecule has 1 aliphatic heterocycles. The molecule has 0 aliphatic carbocycles. The zero-order chi connectivity index (χ0) is 22.7. The summed E-state index contributed by atoms with van der Waals surface area (Å²) >= 11 is 0. The predicted molar refractivity (Wildman–Crippen MR) is 119 cm³/mol. The average molecular weight is 434 g/mol. The first kappa shape index (κ1) is 21.7. The van der Waals surface area contributed by atoms with Crippen LogP contribution in [0.25, 0.3) is 22.5 Å². The molecule has 0 spiro atoms. The number of cyclic esters (lactones) is 1. The molecule has 1 N–H and O–H groups in total. The number of amides is 1. The van der Waals surface area contributed by atoms with Gasteiger partial charge >= 0.3 is 5.97 Å². The van der Waals surface area contributed by atoms with Crippen LogP contribution in [0.2, 0.25) is 0 Å². The van der Waals surface area contributed by atoms with Crippen LogP contribution in [0.15, 0.2) is 48.5 Å². The Morgan fingerprint density at radius 2 is 1.62 bits per heavy atom. The summed E-state index contributed by atoms with van der Waals surface area (Å²) in [6, 6.07) is 15.4. The molecule has 3 aromatic rings. The van der Waals surface area contributed by atoms with Crippen LogP contribution in [0.5, 0.6) is 0 Å². The van der Waals surface area contributed by atoms with Crippen molar-refractivity contribution in [1.82, 2.24) is 25.5 Å². The fraction of sp³-hybridized carbons (Fsp3) is 0.375. The molecule has 32 heavy (non-hydrogen) atoms. The summed E-state index contributed by atoms with van der Waals surface area (Å²) < 4.78 is 5.45. The first-order valence-corrected chi connectivity index (χ1v) is 10.9. The fourth-order valence-corrected chi connectivity index (χ4v) is 4.06. The summed E-state index contributed by atoms with van der Waals surface area (Å²) in [4.78, 5) is 27.3. The highest BCUT2D eigenvalue weighted by molar-refractivity contribution is 5.92. The predicted octanol–water partition coefficient (Wildman–Crippen LogP) is 3.61. The zero-order valence-electron chi connectivity index (χ0n) is 18.5. The van der Waals surface area contributed by atoms with E-state index in [1.807, 2.05) is 69.3 Å². The first-order valence-electron chi connectivity index (χ1n) is 10.9. The molecule has 0 bridgehead atoms. The largest absolute Gasteiger partial charge is 0.451 e. The SMILES string of the molecule is CCCC1OC(=O)C(C(C)C)N(Cc2ccc(-c3ccc(-c4nn[nH]n4)cc3)cc2)C1=O. The van der Waals surface area contributed by atoms with Crippen LogP contribution in [0.3, 0.4) is 0 Å². The van der Waals surface area contributed by atoms with E-state index < -0.39 is 12.1 Å². The third kappa shape index (κ3) is 4.39. The molecule has 1 saturated heterocycles. The maximum atomic E-state index is 13.0. The molecule has 1 fully saturated rings. The quantitative estimate of drug-likeness (QED) is 0.571. The highest BCUT2D eigenvalue weighted by Gasteiger charge is 2.43. The van der Waals surface area contributed by atoms with Crippen molar-refractivity contribution in [3.05, 3.63) is 54.1 Å². The van der Waals surface area contributed by atoms with Crippen molar-refractivity contribution in [3.63, 3.8) is 0 Å². The van der Waals surface area contributed by atoms with Crippen molar-refractivity contribution >= 4 is 11.9 Å². The highest BCUT2D eigenvalue weighted by Crippen LogP contribution is 2.27. The molecular weight excluding hydrogens is 406 g/mol. The van der Waals surface area contributed by atoms with Crippen molar-refractivity contribution in [1.29, 1.82) is 0 Å². The summed E-state index contributed by atoms with van der Waals surface area (Å²) in [7, 11) is 0. The molecule has 2 atom stereocenters. The van der Waals surface area contributed by atoms with Gasteiger partial charge in [-0.2, -0.15) is 5.21 Å². The minimum Gasteiger partial charge on any atom is -0.451 e. The van der Waals surface area contributed by atoms with Crippen LogP contribution >= 0.6 is 0 Å². The summed E-state index contributed by atoms with van der Waals surface area (Å²) in [5, 5.41) is 14.0. The van der Waals surface area contributed by atoms with Gasteiger partial charge in [-0.1, -0.05) is 75.7 Å². The molecule has 8 nitrogen and oxygen atoms in total. The molecule has 1 aromatic heterocycles. The van der Waals surface area contributed by atoms with Gasteiger partial charge < -0.3 is 9.64 Å². The van der Waals surface area contributed by atoms with E-state index in [1.165, 1.54) is 0 Å². The number of aromatic nitrogens is 4. The van der Waals surface area contributed by atoms with Gasteiger partial charge in [-0.25, -0.2) is 4.79 Å². The lowest BCUT2D eigenvalue weighted by Crippen LogP contribution is -2.57. The Hall–Kier alpha value is -3.55. The number of tetrazole rings is 1. The molecular formula is C24H27N5O3. The second-order valence-corrected chi connectivity index (χ2v) is 8.38. The van der Waals surface area contributed by atoms with E-state index in [0.29, 0.717) is 18.8 Å². The number of hydrogen-bond acceptors (Lipinski definition) is 6. The molecule has 2 aromatic carbocycles. The van der Waals surface area contributed by atoms with Crippen LogP contribution < -0.4 is 0 Å². The summed E-state index contributed by atoms with van der Waals surface area (Å²) in [6.45, 7) is 6.24. The number of carbonyl (C=O) groups excluding carboxylic acids is 2. The van der Waals surface area contributed by atoms with Gasteiger partial charge in [0.05, 0.1) is 0 Å². The van der Waals surface area contributed by atoms with Crippen LogP contribution in [0.4, 0.5) is 0 Å². The average Bonchev–Trinajstić information content (AvgIpc) is 3.32. The maximum Gasteiger partial charge on any atom is 0.329 e. The molecule has 2 heterocycles. The van der Waals surface area contributed by atoms with Crippen molar-refractivity contribution in [3.8, 4) is 22.5 Å². The van der Waals surface area contributed by atoms with Gasteiger partial charge in [0.1, 0.15) is 6.04 Å². The molecule has 0 radical (unpaired) electrons. The van der Waals surface area contributed by atoms with E-state index in [0.717, 1.165) is 28.7 Å². The number of nitrogens with one attached hydrogen (secondary N) is 1. The highest BCUT2D eigenvalue weighted by atomic mass is 16.6. The van der Waals surface area contributed by atoms with Gasteiger partial charge in [-0.15, -0.1) is 10.2 Å². The van der Waals surface area contributed by atoms with Crippen LogP contribution in [0, 0.1) is 5.92 Å². The van der Waals surface area contributed by atoms with E-state index in [4.69, 9.17) is 4.74 Å². The van der Waals surface area contributed by atoms with Gasteiger partial charge in [0, 0.05) is 12.1 Å². The number of H-pyrrole nitrogens is 1. The Labute approximate surface area is 187 Å².